The number of ketones is 1. The van der Waals surface area contributed by atoms with E-state index in [1.165, 1.54) is 0 Å². The van der Waals surface area contributed by atoms with Gasteiger partial charge < -0.3 is 30.1 Å². The van der Waals surface area contributed by atoms with Gasteiger partial charge in [-0.2, -0.15) is 0 Å². The third kappa shape index (κ3) is 4.00. The fraction of sp³-hybridized carbons (Fsp3) is 0.583. The van der Waals surface area contributed by atoms with Crippen LogP contribution in [-0.4, -0.2) is 71.0 Å². The quantitative estimate of drug-likeness (QED) is 0.400. The zero-order chi connectivity index (χ0) is 16.2. The molecule has 0 bridgehead atoms. The van der Waals surface area contributed by atoms with Crippen molar-refractivity contribution in [2.75, 3.05) is 13.7 Å². The number of amides is 1. The van der Waals surface area contributed by atoms with Gasteiger partial charge in [0.25, 0.3) is 0 Å². The number of rotatable bonds is 5. The van der Waals surface area contributed by atoms with Gasteiger partial charge in [0.1, 0.15) is 18.2 Å². The normalized spacial score (nSPS) is 24.4. The lowest BCUT2D eigenvalue weighted by Crippen LogP contribution is -2.58. The molecule has 0 aliphatic carbocycles. The maximum Gasteiger partial charge on any atom is 0.373 e. The van der Waals surface area contributed by atoms with Crippen LogP contribution in [0.3, 0.4) is 0 Å². The standard InChI is InChI=1S/C12H17NO8/c1-5(15)13-9-6(16)3-8(12(19)20-2)21-11(9)10(18)7(17)4-14/h3,7,9-11,14,17-18H,4H2,1-2H3,(H,13,15)/t7-,9-,10-,11-/m1/s1. The summed E-state index contributed by atoms with van der Waals surface area (Å²) in [5.74, 6) is -2.67. The van der Waals surface area contributed by atoms with Gasteiger partial charge in [-0.15, -0.1) is 0 Å². The van der Waals surface area contributed by atoms with Crippen LogP contribution in [0.5, 0.6) is 0 Å². The summed E-state index contributed by atoms with van der Waals surface area (Å²) < 4.78 is 9.54. The van der Waals surface area contributed by atoms with Crippen LogP contribution in [0.15, 0.2) is 11.8 Å². The topological polar surface area (TPSA) is 142 Å². The van der Waals surface area contributed by atoms with Crippen molar-refractivity contribution >= 4 is 17.7 Å². The van der Waals surface area contributed by atoms with Crippen LogP contribution >= 0.6 is 0 Å². The van der Waals surface area contributed by atoms with Crippen molar-refractivity contribution < 1.29 is 39.2 Å². The Balaban J connectivity index is 3.09. The molecule has 9 nitrogen and oxygen atoms in total. The summed E-state index contributed by atoms with van der Waals surface area (Å²) in [6, 6.07) is -1.30. The number of hydrogen-bond acceptors (Lipinski definition) is 8. The number of carbonyl (C=O) groups is 3. The Kier molecular flexibility index (Phi) is 5.82. The second-order valence-electron chi connectivity index (χ2n) is 4.40. The van der Waals surface area contributed by atoms with Gasteiger partial charge in [0.15, 0.2) is 11.9 Å². The van der Waals surface area contributed by atoms with E-state index in [0.29, 0.717) is 0 Å². The van der Waals surface area contributed by atoms with E-state index in [-0.39, 0.29) is 0 Å². The highest BCUT2D eigenvalue weighted by molar-refractivity contribution is 6.03. The summed E-state index contributed by atoms with van der Waals surface area (Å²) in [4.78, 5) is 34.5. The molecule has 1 rings (SSSR count). The molecule has 1 heterocycles. The third-order valence-electron chi connectivity index (χ3n) is 2.83. The fourth-order valence-electron chi connectivity index (χ4n) is 1.80. The molecule has 21 heavy (non-hydrogen) atoms. The van der Waals surface area contributed by atoms with Gasteiger partial charge in [-0.3, -0.25) is 9.59 Å². The van der Waals surface area contributed by atoms with Crippen LogP contribution in [0, 0.1) is 0 Å². The number of hydrogen-bond donors (Lipinski definition) is 4. The molecule has 9 heteroatoms. The molecule has 1 aliphatic rings. The van der Waals surface area contributed by atoms with Crippen LogP contribution in [-0.2, 0) is 23.9 Å². The molecule has 1 amide bonds. The molecule has 0 saturated carbocycles. The Morgan fingerprint density at radius 1 is 1.48 bits per heavy atom. The lowest BCUT2D eigenvalue weighted by Gasteiger charge is -2.34. The van der Waals surface area contributed by atoms with Gasteiger partial charge in [-0.25, -0.2) is 4.79 Å². The van der Waals surface area contributed by atoms with E-state index >= 15 is 0 Å². The van der Waals surface area contributed by atoms with Gasteiger partial charge in [-0.05, 0) is 0 Å². The first-order valence-electron chi connectivity index (χ1n) is 6.06. The van der Waals surface area contributed by atoms with Gasteiger partial charge in [-0.1, -0.05) is 0 Å². The van der Waals surface area contributed by atoms with Crippen LogP contribution < -0.4 is 5.32 Å². The summed E-state index contributed by atoms with van der Waals surface area (Å²) in [5, 5.41) is 30.5. The van der Waals surface area contributed by atoms with E-state index in [1.54, 1.807) is 0 Å². The maximum atomic E-state index is 12.0. The number of methoxy groups -OCH3 is 1. The van der Waals surface area contributed by atoms with Crippen molar-refractivity contribution in [1.29, 1.82) is 0 Å². The Bertz CT molecular complexity index is 460. The zero-order valence-corrected chi connectivity index (χ0v) is 11.5. The smallest absolute Gasteiger partial charge is 0.373 e. The van der Waals surface area contributed by atoms with Crippen LogP contribution in [0.25, 0.3) is 0 Å². The molecule has 4 atom stereocenters. The average molecular weight is 303 g/mol. The van der Waals surface area contributed by atoms with Crippen molar-refractivity contribution in [2.45, 2.75) is 31.3 Å². The minimum atomic E-state index is -1.70. The summed E-state index contributed by atoms with van der Waals surface area (Å²) >= 11 is 0. The lowest BCUT2D eigenvalue weighted by molar-refractivity contribution is -0.152. The molecular weight excluding hydrogens is 286 g/mol. The molecule has 0 radical (unpaired) electrons. The largest absolute Gasteiger partial charge is 0.478 e. The van der Waals surface area contributed by atoms with Crippen LogP contribution in [0.1, 0.15) is 6.92 Å². The number of esters is 1. The highest BCUT2D eigenvalue weighted by atomic mass is 16.6. The molecule has 0 spiro atoms. The molecule has 0 aromatic rings. The highest BCUT2D eigenvalue weighted by Crippen LogP contribution is 2.21. The summed E-state index contributed by atoms with van der Waals surface area (Å²) in [5.41, 5.74) is 0. The van der Waals surface area contributed by atoms with E-state index in [2.05, 4.69) is 10.1 Å². The van der Waals surface area contributed by atoms with E-state index in [1.807, 2.05) is 0 Å². The van der Waals surface area contributed by atoms with Crippen LogP contribution in [0.2, 0.25) is 0 Å². The number of nitrogens with one attached hydrogen (secondary N) is 1. The fourth-order valence-corrected chi connectivity index (χ4v) is 1.80. The van der Waals surface area contributed by atoms with Crippen molar-refractivity contribution in [3.05, 3.63) is 11.8 Å². The molecule has 118 valence electrons. The maximum absolute atomic E-state index is 12.0. The second-order valence-corrected chi connectivity index (χ2v) is 4.40. The number of carbonyl (C=O) groups excluding carboxylic acids is 3. The summed E-state index contributed by atoms with van der Waals surface area (Å²) in [6.07, 6.45) is -3.93. The number of aliphatic hydroxyl groups excluding tert-OH is 3. The first kappa shape index (κ1) is 17.1. The lowest BCUT2D eigenvalue weighted by atomic mass is 9.95. The van der Waals surface area contributed by atoms with E-state index in [9.17, 15) is 24.6 Å². The number of ether oxygens (including phenoxy) is 2. The van der Waals surface area contributed by atoms with E-state index < -0.39 is 54.4 Å². The second kappa shape index (κ2) is 7.16. The van der Waals surface area contributed by atoms with Crippen molar-refractivity contribution in [3.8, 4) is 0 Å². The molecule has 4 N–H and O–H groups in total. The van der Waals surface area contributed by atoms with Crippen LogP contribution in [0.4, 0.5) is 0 Å². The monoisotopic (exact) mass is 303 g/mol. The van der Waals surface area contributed by atoms with E-state index in [4.69, 9.17) is 9.84 Å². The van der Waals surface area contributed by atoms with Gasteiger partial charge in [0.05, 0.1) is 13.7 Å². The van der Waals surface area contributed by atoms with Gasteiger partial charge in [0.2, 0.25) is 11.7 Å². The minimum absolute atomic E-state index is 0.460. The third-order valence-corrected chi connectivity index (χ3v) is 2.83. The Morgan fingerprint density at radius 2 is 2.10 bits per heavy atom. The van der Waals surface area contributed by atoms with Crippen molar-refractivity contribution in [2.24, 2.45) is 0 Å². The molecule has 0 unspecified atom stereocenters. The molecule has 0 saturated heterocycles. The number of aliphatic hydroxyl groups is 3. The van der Waals surface area contributed by atoms with Crippen molar-refractivity contribution in [3.63, 3.8) is 0 Å². The average Bonchev–Trinajstić information content (AvgIpc) is 2.46. The molecular formula is C12H17NO8. The molecule has 0 fully saturated rings. The predicted molar refractivity (Wildman–Crippen MR) is 66.7 cm³/mol. The van der Waals surface area contributed by atoms with Gasteiger partial charge >= 0.3 is 5.97 Å². The predicted octanol–water partition coefficient (Wildman–Crippen LogP) is -2.77. The minimum Gasteiger partial charge on any atom is -0.478 e. The molecule has 0 aromatic carbocycles. The zero-order valence-electron chi connectivity index (χ0n) is 11.5. The molecule has 0 aromatic heterocycles. The van der Waals surface area contributed by atoms with Crippen molar-refractivity contribution in [1.82, 2.24) is 5.32 Å². The highest BCUT2D eigenvalue weighted by Gasteiger charge is 2.43. The Labute approximate surface area is 120 Å². The summed E-state index contributed by atoms with van der Waals surface area (Å²) in [6.45, 7) is 0.359. The Hall–Kier alpha value is -1.97. The molecule has 1 aliphatic heterocycles. The Morgan fingerprint density at radius 3 is 2.57 bits per heavy atom. The van der Waals surface area contributed by atoms with E-state index in [0.717, 1.165) is 20.1 Å². The summed E-state index contributed by atoms with van der Waals surface area (Å²) in [7, 11) is 1.07. The first-order chi connectivity index (χ1) is 9.81. The SMILES string of the molecule is COC(=O)C1=CC(=O)[C@@H](NC(C)=O)[C@H]([C@H](O)[C@H](O)CO)O1. The first-order valence-corrected chi connectivity index (χ1v) is 6.06. The van der Waals surface area contributed by atoms with Gasteiger partial charge in [0, 0.05) is 13.0 Å².